The topological polar surface area (TPSA) is 45.9 Å². The molecule has 0 fully saturated rings. The summed E-state index contributed by atoms with van der Waals surface area (Å²) in [6.07, 6.45) is 3.61. The Balaban J connectivity index is 0.00000192. The summed E-state index contributed by atoms with van der Waals surface area (Å²) in [5, 5.41) is 9.72. The van der Waals surface area contributed by atoms with Crippen LogP contribution < -0.4 is 10.00 Å². The van der Waals surface area contributed by atoms with Crippen molar-refractivity contribution >= 4 is 57.9 Å². The molecule has 6 heteroatoms. The quantitative estimate of drug-likeness (QED) is 0.498. The van der Waals surface area contributed by atoms with Crippen LogP contribution in [0.2, 0.25) is 5.02 Å². The highest BCUT2D eigenvalue weighted by Crippen LogP contribution is 2.24. The largest absolute Gasteiger partial charge is 0.319 e. The van der Waals surface area contributed by atoms with E-state index in [9.17, 15) is 4.79 Å². The van der Waals surface area contributed by atoms with Crippen molar-refractivity contribution in [2.24, 2.45) is 0 Å². The van der Waals surface area contributed by atoms with E-state index >= 15 is 0 Å². The van der Waals surface area contributed by atoms with Crippen molar-refractivity contribution in [2.45, 2.75) is 13.5 Å². The summed E-state index contributed by atoms with van der Waals surface area (Å²) >= 11 is 6.12. The van der Waals surface area contributed by atoms with E-state index in [4.69, 9.17) is 11.6 Å². The van der Waals surface area contributed by atoms with Gasteiger partial charge in [-0.25, -0.2) is 0 Å². The van der Waals surface area contributed by atoms with E-state index in [-0.39, 0.29) is 36.4 Å². The lowest BCUT2D eigenvalue weighted by molar-refractivity contribution is -0.740. The molecule has 0 saturated carbocycles. The van der Waals surface area contributed by atoms with Gasteiger partial charge in [-0.05, 0) is 29.7 Å². The number of rotatable bonds is 3. The maximum absolute atomic E-state index is 12.2. The van der Waals surface area contributed by atoms with E-state index in [2.05, 4.69) is 10.4 Å². The van der Waals surface area contributed by atoms with Crippen LogP contribution in [-0.4, -0.2) is 11.0 Å². The number of hydrogen-bond acceptors (Lipinski definition) is 2. The van der Waals surface area contributed by atoms with Crippen LogP contribution in [0.3, 0.4) is 0 Å². The van der Waals surface area contributed by atoms with Crippen molar-refractivity contribution in [3.05, 3.63) is 65.4 Å². The van der Waals surface area contributed by atoms with Crippen LogP contribution >= 0.6 is 35.6 Å². The molecule has 0 aliphatic rings. The summed E-state index contributed by atoms with van der Waals surface area (Å²) in [4.78, 5) is 12.2. The zero-order valence-electron chi connectivity index (χ0n) is 12.5. The molecule has 118 valence electrons. The second kappa shape index (κ2) is 7.70. The fourth-order valence-electron chi connectivity index (χ4n) is 2.28. The number of anilines is 1. The highest BCUT2D eigenvalue weighted by atomic mass is 127. The molecule has 0 aliphatic heterocycles. The SMILES string of the molecule is Cc1cccc(Cl)c1NC(=O)C[n+]1cc2ccccc2cn1.I. The Hall–Kier alpha value is -1.73. The fraction of sp³-hybridized carbons (Fsp3) is 0.118. The summed E-state index contributed by atoms with van der Waals surface area (Å²) in [5.74, 6) is -0.163. The van der Waals surface area contributed by atoms with Gasteiger partial charge in [0, 0.05) is 10.8 Å². The monoisotopic (exact) mass is 440 g/mol. The molecule has 0 unspecified atom stereocenters. The first-order valence-electron chi connectivity index (χ1n) is 6.93. The molecule has 1 amide bonds. The van der Waals surface area contributed by atoms with Crippen LogP contribution in [0.15, 0.2) is 54.9 Å². The van der Waals surface area contributed by atoms with E-state index < -0.39 is 0 Å². The van der Waals surface area contributed by atoms with E-state index in [0.29, 0.717) is 10.7 Å². The summed E-state index contributed by atoms with van der Waals surface area (Å²) in [7, 11) is 0. The number of halogens is 2. The number of aryl methyl sites for hydroxylation is 1. The molecule has 2 aromatic carbocycles. The average Bonchev–Trinajstić information content (AvgIpc) is 2.51. The van der Waals surface area contributed by atoms with Gasteiger partial charge in [-0.15, -0.1) is 24.0 Å². The molecule has 1 N–H and O–H groups in total. The summed E-state index contributed by atoms with van der Waals surface area (Å²) in [6.45, 7) is 2.04. The van der Waals surface area contributed by atoms with Gasteiger partial charge in [-0.2, -0.15) is 0 Å². The predicted molar refractivity (Wildman–Crippen MR) is 102 cm³/mol. The molecular weight excluding hydrogens is 425 g/mol. The third-order valence-corrected chi connectivity index (χ3v) is 3.74. The van der Waals surface area contributed by atoms with Gasteiger partial charge < -0.3 is 5.32 Å². The third kappa shape index (κ3) is 4.17. The van der Waals surface area contributed by atoms with Gasteiger partial charge in [0.25, 0.3) is 12.5 Å². The van der Waals surface area contributed by atoms with Crippen LogP contribution in [0.5, 0.6) is 0 Å². The number of nitrogens with one attached hydrogen (secondary N) is 1. The Bertz CT molecular complexity index is 834. The molecule has 3 aromatic rings. The number of hydrogen-bond donors (Lipinski definition) is 1. The van der Waals surface area contributed by atoms with Crippen molar-refractivity contribution in [2.75, 3.05) is 5.32 Å². The van der Waals surface area contributed by atoms with Crippen LogP contribution in [0, 0.1) is 6.92 Å². The molecule has 1 heterocycles. The van der Waals surface area contributed by atoms with Gasteiger partial charge in [0.2, 0.25) is 6.20 Å². The van der Waals surface area contributed by atoms with Crippen molar-refractivity contribution < 1.29 is 9.48 Å². The number of carbonyl (C=O) groups excluding carboxylic acids is 1. The van der Waals surface area contributed by atoms with E-state index in [1.165, 1.54) is 0 Å². The molecule has 1 aromatic heterocycles. The highest BCUT2D eigenvalue weighted by Gasteiger charge is 2.14. The Morgan fingerprint density at radius 3 is 2.65 bits per heavy atom. The number of amides is 1. The average molecular weight is 441 g/mol. The maximum Gasteiger partial charge on any atom is 0.292 e. The molecule has 0 aliphatic carbocycles. The maximum atomic E-state index is 12.2. The van der Waals surface area contributed by atoms with Crippen LogP contribution in [0.4, 0.5) is 5.69 Å². The van der Waals surface area contributed by atoms with Gasteiger partial charge in [0.15, 0.2) is 0 Å². The number of aromatic nitrogens is 2. The number of carbonyl (C=O) groups is 1. The molecule has 23 heavy (non-hydrogen) atoms. The summed E-state index contributed by atoms with van der Waals surface area (Å²) in [5.41, 5.74) is 1.58. The Labute approximate surface area is 156 Å². The summed E-state index contributed by atoms with van der Waals surface area (Å²) in [6, 6.07) is 13.4. The smallest absolute Gasteiger partial charge is 0.292 e. The van der Waals surface area contributed by atoms with Gasteiger partial charge in [0.1, 0.15) is 6.20 Å². The first-order chi connectivity index (χ1) is 10.6. The zero-order chi connectivity index (χ0) is 15.5. The van der Waals surface area contributed by atoms with Crippen LogP contribution in [0.25, 0.3) is 10.8 Å². The standard InChI is InChI=1S/C17H14ClN3O.HI/c1-12-5-4-8-15(18)17(12)20-16(22)11-21-10-14-7-3-2-6-13(14)9-19-21;/h2-10H,11H2,1H3;1H/p+1. The molecule has 3 rings (SSSR count). The van der Waals surface area contributed by atoms with Crippen molar-refractivity contribution in [3.63, 3.8) is 0 Å². The highest BCUT2D eigenvalue weighted by molar-refractivity contribution is 14.0. The van der Waals surface area contributed by atoms with Crippen molar-refractivity contribution in [1.82, 2.24) is 5.10 Å². The fourth-order valence-corrected chi connectivity index (χ4v) is 2.55. The minimum absolute atomic E-state index is 0. The second-order valence-electron chi connectivity index (χ2n) is 5.08. The number of nitrogens with zero attached hydrogens (tertiary/aromatic N) is 2. The zero-order valence-corrected chi connectivity index (χ0v) is 15.6. The minimum atomic E-state index is -0.163. The number of fused-ring (bicyclic) bond motifs is 1. The molecule has 0 saturated heterocycles. The summed E-state index contributed by atoms with van der Waals surface area (Å²) < 4.78 is 1.61. The van der Waals surface area contributed by atoms with E-state index in [1.807, 2.05) is 49.5 Å². The molecule has 0 bridgehead atoms. The normalized spacial score (nSPS) is 10.2. The molecule has 4 nitrogen and oxygen atoms in total. The lowest BCUT2D eigenvalue weighted by Crippen LogP contribution is -2.43. The van der Waals surface area contributed by atoms with Crippen LogP contribution in [-0.2, 0) is 11.3 Å². The van der Waals surface area contributed by atoms with Crippen molar-refractivity contribution in [3.8, 4) is 0 Å². The lowest BCUT2D eigenvalue weighted by Gasteiger charge is -2.08. The minimum Gasteiger partial charge on any atom is -0.319 e. The first kappa shape index (κ1) is 17.6. The molecule has 0 atom stereocenters. The Kier molecular flexibility index (Phi) is 5.90. The number of para-hydroxylation sites is 1. The molecular formula is C17H16ClIN3O+. The molecule has 0 radical (unpaired) electrons. The van der Waals surface area contributed by atoms with Gasteiger partial charge in [-0.3, -0.25) is 4.79 Å². The van der Waals surface area contributed by atoms with E-state index in [0.717, 1.165) is 16.3 Å². The lowest BCUT2D eigenvalue weighted by atomic mass is 10.2. The predicted octanol–water partition coefficient (Wildman–Crippen LogP) is 3.74. The second-order valence-corrected chi connectivity index (χ2v) is 5.49. The number of benzene rings is 2. The van der Waals surface area contributed by atoms with E-state index in [1.54, 1.807) is 16.9 Å². The third-order valence-electron chi connectivity index (χ3n) is 3.42. The Morgan fingerprint density at radius 2 is 1.91 bits per heavy atom. The molecule has 0 spiro atoms. The van der Waals surface area contributed by atoms with Gasteiger partial charge >= 0.3 is 0 Å². The van der Waals surface area contributed by atoms with Gasteiger partial charge in [-0.1, -0.05) is 46.6 Å². The Morgan fingerprint density at radius 1 is 1.17 bits per heavy atom. The van der Waals surface area contributed by atoms with Crippen molar-refractivity contribution in [1.29, 1.82) is 0 Å². The first-order valence-corrected chi connectivity index (χ1v) is 7.31. The van der Waals surface area contributed by atoms with Crippen LogP contribution in [0.1, 0.15) is 5.56 Å². The van der Waals surface area contributed by atoms with Gasteiger partial charge in [0.05, 0.1) is 10.7 Å².